The Morgan fingerprint density at radius 2 is 2.30 bits per heavy atom. The maximum atomic E-state index is 12.2. The first-order chi connectivity index (χ1) is 9.61. The lowest BCUT2D eigenvalue weighted by molar-refractivity contribution is -0.0759. The second-order valence-electron chi connectivity index (χ2n) is 4.33. The molecule has 1 aliphatic heterocycles. The Kier molecular flexibility index (Phi) is 2.70. The molecule has 0 fully saturated rings. The lowest BCUT2D eigenvalue weighted by Gasteiger charge is -2.08. The number of pyridine rings is 1. The van der Waals surface area contributed by atoms with Crippen molar-refractivity contribution < 1.29 is 19.1 Å². The van der Waals surface area contributed by atoms with Crippen LogP contribution in [-0.2, 0) is 18.5 Å². The van der Waals surface area contributed by atoms with E-state index in [1.54, 1.807) is 30.2 Å². The van der Waals surface area contributed by atoms with Crippen molar-refractivity contribution >= 4 is 12.0 Å². The summed E-state index contributed by atoms with van der Waals surface area (Å²) in [7, 11) is 1.74. The number of imide groups is 1. The molecule has 3 rings (SSSR count). The Morgan fingerprint density at radius 3 is 2.95 bits per heavy atom. The summed E-state index contributed by atoms with van der Waals surface area (Å²) in [4.78, 5) is 31.4. The van der Waals surface area contributed by atoms with Gasteiger partial charge < -0.3 is 0 Å². The topological polar surface area (TPSA) is 77.3 Å². The number of carbonyl (C=O) groups is 2. The fourth-order valence-corrected chi connectivity index (χ4v) is 2.20. The van der Waals surface area contributed by atoms with E-state index in [1.165, 1.54) is 6.20 Å². The summed E-state index contributed by atoms with van der Waals surface area (Å²) in [6, 6.07) is 1.61. The molecule has 0 unspecified atom stereocenters. The molecule has 7 nitrogen and oxygen atoms in total. The number of rotatable bonds is 1. The molecule has 2 aromatic heterocycles. The van der Waals surface area contributed by atoms with Gasteiger partial charge in [-0.3, -0.25) is 14.5 Å². The van der Waals surface area contributed by atoms with Gasteiger partial charge in [-0.15, -0.1) is 0 Å². The van der Waals surface area contributed by atoms with E-state index in [0.29, 0.717) is 21.7 Å². The third kappa shape index (κ3) is 1.73. The van der Waals surface area contributed by atoms with Crippen molar-refractivity contribution in [1.29, 1.82) is 0 Å². The van der Waals surface area contributed by atoms with E-state index in [-0.39, 0.29) is 12.1 Å². The maximum absolute atomic E-state index is 12.2. The highest BCUT2D eigenvalue weighted by Gasteiger charge is 2.36. The second kappa shape index (κ2) is 4.41. The number of halogens is 1. The molecule has 20 heavy (non-hydrogen) atoms. The Hall–Kier alpha value is -2.77. The number of fused-ring (bicyclic) bond motifs is 1. The molecule has 0 aromatic carbocycles. The standard InChI is InChI=1S/C12H9FN4O3/c1-16-5-8(4-15-16)10-9-7(2-3-14-10)6-17(11(9)18)12(19)20-13/h2-5H,6H2,1H3. The number of hydrogen-bond donors (Lipinski definition) is 0. The zero-order chi connectivity index (χ0) is 14.3. The first-order valence-corrected chi connectivity index (χ1v) is 5.73. The molecule has 0 N–H and O–H groups in total. The first kappa shape index (κ1) is 12.3. The average molecular weight is 276 g/mol. The molecular formula is C12H9FN4O3. The van der Waals surface area contributed by atoms with Gasteiger partial charge in [0.15, 0.2) is 0 Å². The van der Waals surface area contributed by atoms with Gasteiger partial charge in [-0.05, 0) is 11.6 Å². The minimum atomic E-state index is -1.33. The Morgan fingerprint density at radius 1 is 1.50 bits per heavy atom. The van der Waals surface area contributed by atoms with Crippen LogP contribution in [0.2, 0.25) is 0 Å². The fraction of sp³-hybridized carbons (Fsp3) is 0.167. The van der Waals surface area contributed by atoms with Crippen molar-refractivity contribution in [1.82, 2.24) is 19.7 Å². The number of amides is 2. The smallest absolute Gasteiger partial charge is 0.275 e. The van der Waals surface area contributed by atoms with Gasteiger partial charge in [0.2, 0.25) is 0 Å². The number of hydrogen-bond acceptors (Lipinski definition) is 5. The normalized spacial score (nSPS) is 13.5. The van der Waals surface area contributed by atoms with E-state index in [4.69, 9.17) is 0 Å². The van der Waals surface area contributed by atoms with Gasteiger partial charge in [-0.1, -0.05) is 0 Å². The third-order valence-corrected chi connectivity index (χ3v) is 3.09. The van der Waals surface area contributed by atoms with Crippen LogP contribution in [-0.4, -0.2) is 31.7 Å². The first-order valence-electron chi connectivity index (χ1n) is 5.73. The predicted molar refractivity (Wildman–Crippen MR) is 63.9 cm³/mol. The number of aromatic nitrogens is 3. The molecule has 0 bridgehead atoms. The monoisotopic (exact) mass is 276 g/mol. The predicted octanol–water partition coefficient (Wildman–Crippen LogP) is 1.46. The summed E-state index contributed by atoms with van der Waals surface area (Å²) in [5, 5.41) is 4.01. The van der Waals surface area contributed by atoms with Gasteiger partial charge in [-0.2, -0.15) is 5.10 Å². The minimum absolute atomic E-state index is 0.0350. The maximum Gasteiger partial charge on any atom is 0.454 e. The van der Waals surface area contributed by atoms with E-state index in [0.717, 1.165) is 0 Å². The summed E-state index contributed by atoms with van der Waals surface area (Å²) < 4.78 is 13.6. The molecule has 3 heterocycles. The largest absolute Gasteiger partial charge is 0.454 e. The van der Waals surface area contributed by atoms with Gasteiger partial charge in [-0.25, -0.2) is 14.6 Å². The summed E-state index contributed by atoms with van der Waals surface area (Å²) in [6.07, 6.45) is 3.46. The molecule has 2 amide bonds. The van der Waals surface area contributed by atoms with E-state index < -0.39 is 12.0 Å². The molecule has 102 valence electrons. The van der Waals surface area contributed by atoms with Gasteiger partial charge in [0.1, 0.15) is 0 Å². The van der Waals surface area contributed by atoms with Gasteiger partial charge >= 0.3 is 6.09 Å². The van der Waals surface area contributed by atoms with Crippen LogP contribution < -0.4 is 0 Å². The van der Waals surface area contributed by atoms with Crippen LogP contribution >= 0.6 is 0 Å². The molecule has 8 heteroatoms. The highest BCUT2D eigenvalue weighted by molar-refractivity contribution is 6.09. The van der Waals surface area contributed by atoms with Crippen LogP contribution in [0.15, 0.2) is 24.7 Å². The van der Waals surface area contributed by atoms with Crippen LogP contribution in [0.5, 0.6) is 0 Å². The molecule has 1 aliphatic rings. The molecule has 0 aliphatic carbocycles. The number of carbonyl (C=O) groups excluding carboxylic acids is 2. The Bertz CT molecular complexity index is 712. The lowest BCUT2D eigenvalue weighted by atomic mass is 10.1. The molecule has 0 atom stereocenters. The highest BCUT2D eigenvalue weighted by Crippen LogP contribution is 2.31. The van der Waals surface area contributed by atoms with Crippen LogP contribution in [0.1, 0.15) is 15.9 Å². The lowest BCUT2D eigenvalue weighted by Crippen LogP contribution is -2.30. The third-order valence-electron chi connectivity index (χ3n) is 3.09. The molecule has 2 aromatic rings. The SMILES string of the molecule is Cn1cc(-c2nccc3c2C(=O)N(C(=O)OF)C3)cn1. The van der Waals surface area contributed by atoms with Crippen molar-refractivity contribution in [3.63, 3.8) is 0 Å². The summed E-state index contributed by atoms with van der Waals surface area (Å²) in [6.45, 7) is -0.0350. The fourth-order valence-electron chi connectivity index (χ4n) is 2.20. The van der Waals surface area contributed by atoms with E-state index >= 15 is 0 Å². The summed E-state index contributed by atoms with van der Waals surface area (Å²) >= 11 is 0. The van der Waals surface area contributed by atoms with Crippen LogP contribution in [0.3, 0.4) is 0 Å². The zero-order valence-electron chi connectivity index (χ0n) is 10.4. The van der Waals surface area contributed by atoms with Crippen LogP contribution in [0, 0.1) is 0 Å². The van der Waals surface area contributed by atoms with Crippen molar-refractivity contribution in [3.8, 4) is 11.3 Å². The van der Waals surface area contributed by atoms with Crippen molar-refractivity contribution in [2.45, 2.75) is 6.54 Å². The molecule has 0 radical (unpaired) electrons. The highest BCUT2D eigenvalue weighted by atomic mass is 19.3. The van der Waals surface area contributed by atoms with E-state index in [9.17, 15) is 14.1 Å². The van der Waals surface area contributed by atoms with Crippen LogP contribution in [0.25, 0.3) is 11.3 Å². The summed E-state index contributed by atoms with van der Waals surface area (Å²) in [5.41, 5.74) is 1.92. The summed E-state index contributed by atoms with van der Waals surface area (Å²) in [5.74, 6) is -0.630. The Labute approximate surface area is 112 Å². The van der Waals surface area contributed by atoms with Gasteiger partial charge in [0, 0.05) is 29.5 Å². The second-order valence-corrected chi connectivity index (χ2v) is 4.33. The molecular weight excluding hydrogens is 267 g/mol. The van der Waals surface area contributed by atoms with E-state index in [1.807, 2.05) is 0 Å². The zero-order valence-corrected chi connectivity index (χ0v) is 10.4. The molecule has 0 spiro atoms. The quantitative estimate of drug-likeness (QED) is 0.788. The van der Waals surface area contributed by atoms with Gasteiger partial charge in [0.25, 0.3) is 5.91 Å². The van der Waals surface area contributed by atoms with Crippen LogP contribution in [0.4, 0.5) is 9.32 Å². The number of aryl methyl sites for hydroxylation is 1. The molecule has 0 saturated heterocycles. The minimum Gasteiger partial charge on any atom is -0.275 e. The average Bonchev–Trinajstić information content (AvgIpc) is 3.02. The number of nitrogens with zero attached hydrogens (tertiary/aromatic N) is 4. The molecule has 0 saturated carbocycles. The van der Waals surface area contributed by atoms with Crippen molar-refractivity contribution in [2.24, 2.45) is 7.05 Å². The Balaban J connectivity index is 2.09. The van der Waals surface area contributed by atoms with Crippen molar-refractivity contribution in [2.75, 3.05) is 0 Å². The van der Waals surface area contributed by atoms with Crippen molar-refractivity contribution in [3.05, 3.63) is 35.8 Å². The van der Waals surface area contributed by atoms with Gasteiger partial charge in [0.05, 0.1) is 24.0 Å². The van der Waals surface area contributed by atoms with E-state index in [2.05, 4.69) is 15.0 Å².